The highest BCUT2D eigenvalue weighted by Gasteiger charge is 2.20. The molecule has 0 bridgehead atoms. The van der Waals surface area contributed by atoms with E-state index in [0.29, 0.717) is 23.9 Å². The molecule has 1 aliphatic rings. The van der Waals surface area contributed by atoms with Crippen LogP contribution in [0.4, 0.5) is 10.5 Å². The normalized spacial score (nSPS) is 15.7. The lowest BCUT2D eigenvalue weighted by Crippen LogP contribution is -2.39. The molecule has 0 aliphatic carbocycles. The summed E-state index contributed by atoms with van der Waals surface area (Å²) in [6.07, 6.45) is 2.25. The summed E-state index contributed by atoms with van der Waals surface area (Å²) in [6, 6.07) is 11.6. The van der Waals surface area contributed by atoms with E-state index in [0.717, 1.165) is 32.5 Å². The molecule has 1 saturated heterocycles. The number of hydrogen-bond acceptors (Lipinski definition) is 4. The molecule has 0 unspecified atom stereocenters. The zero-order chi connectivity index (χ0) is 17.5. The summed E-state index contributed by atoms with van der Waals surface area (Å²) in [7, 11) is 1.60. The number of nitrogens with one attached hydrogen (secondary N) is 2. The van der Waals surface area contributed by atoms with E-state index in [1.165, 1.54) is 4.88 Å². The van der Waals surface area contributed by atoms with Crippen molar-refractivity contribution in [2.75, 3.05) is 32.1 Å². The number of carbonyl (C=O) groups is 1. The van der Waals surface area contributed by atoms with Gasteiger partial charge in [0.15, 0.2) is 0 Å². The number of para-hydroxylation sites is 2. The summed E-state index contributed by atoms with van der Waals surface area (Å²) in [5, 5.41) is 7.98. The lowest BCUT2D eigenvalue weighted by Gasteiger charge is -2.31. The van der Waals surface area contributed by atoms with Gasteiger partial charge in [0.1, 0.15) is 5.75 Å². The van der Waals surface area contributed by atoms with E-state index >= 15 is 0 Å². The van der Waals surface area contributed by atoms with E-state index in [1.807, 2.05) is 35.6 Å². The molecular weight excluding hydrogens is 334 g/mol. The van der Waals surface area contributed by atoms with Gasteiger partial charge < -0.3 is 15.4 Å². The van der Waals surface area contributed by atoms with Gasteiger partial charge in [0, 0.05) is 18.0 Å². The van der Waals surface area contributed by atoms with Gasteiger partial charge in [-0.05, 0) is 55.4 Å². The predicted octanol–water partition coefficient (Wildman–Crippen LogP) is 3.79. The lowest BCUT2D eigenvalue weighted by molar-refractivity contribution is 0.177. The Labute approximate surface area is 153 Å². The fraction of sp³-hybridized carbons (Fsp3) is 0.421. The summed E-state index contributed by atoms with van der Waals surface area (Å²) < 4.78 is 5.25. The zero-order valence-electron chi connectivity index (χ0n) is 14.5. The van der Waals surface area contributed by atoms with Crippen LogP contribution in [0, 0.1) is 5.92 Å². The Morgan fingerprint density at radius 3 is 2.76 bits per heavy atom. The van der Waals surface area contributed by atoms with Crippen molar-refractivity contribution < 1.29 is 9.53 Å². The maximum absolute atomic E-state index is 12.1. The minimum absolute atomic E-state index is 0.175. The van der Waals surface area contributed by atoms with Crippen molar-refractivity contribution in [3.8, 4) is 5.75 Å². The number of rotatable bonds is 6. The summed E-state index contributed by atoms with van der Waals surface area (Å²) in [6.45, 7) is 3.96. The number of nitrogens with zero attached hydrogens (tertiary/aromatic N) is 1. The highest BCUT2D eigenvalue weighted by molar-refractivity contribution is 7.09. The summed E-state index contributed by atoms with van der Waals surface area (Å²) in [5.41, 5.74) is 0.688. The van der Waals surface area contributed by atoms with Crippen LogP contribution in [0.3, 0.4) is 0 Å². The quantitative estimate of drug-likeness (QED) is 0.825. The van der Waals surface area contributed by atoms with Crippen molar-refractivity contribution in [1.29, 1.82) is 0 Å². The Balaban J connectivity index is 1.38. The number of likely N-dealkylation sites (tertiary alicyclic amines) is 1. The highest BCUT2D eigenvalue weighted by atomic mass is 32.1. The Kier molecular flexibility index (Phi) is 6.30. The van der Waals surface area contributed by atoms with Crippen molar-refractivity contribution in [3.63, 3.8) is 0 Å². The Hall–Kier alpha value is -2.05. The maximum Gasteiger partial charge on any atom is 0.319 e. The molecular formula is C19H25N3O2S. The van der Waals surface area contributed by atoms with E-state index in [-0.39, 0.29) is 6.03 Å². The van der Waals surface area contributed by atoms with E-state index in [2.05, 4.69) is 33.0 Å². The van der Waals surface area contributed by atoms with Gasteiger partial charge in [-0.15, -0.1) is 11.3 Å². The molecule has 3 rings (SSSR count). The molecule has 25 heavy (non-hydrogen) atoms. The minimum Gasteiger partial charge on any atom is -0.495 e. The number of ether oxygens (including phenoxy) is 1. The van der Waals surface area contributed by atoms with Crippen LogP contribution in [0.2, 0.25) is 0 Å². The SMILES string of the molecule is COc1ccccc1NC(=O)NCC1CCN(Cc2cccs2)CC1. The summed E-state index contributed by atoms with van der Waals surface area (Å²) in [4.78, 5) is 16.0. The summed E-state index contributed by atoms with van der Waals surface area (Å²) in [5.74, 6) is 1.21. The molecule has 5 nitrogen and oxygen atoms in total. The topological polar surface area (TPSA) is 53.6 Å². The van der Waals surface area contributed by atoms with E-state index in [4.69, 9.17) is 4.74 Å². The predicted molar refractivity (Wildman–Crippen MR) is 102 cm³/mol. The molecule has 6 heteroatoms. The third kappa shape index (κ3) is 5.21. The van der Waals surface area contributed by atoms with Gasteiger partial charge in [-0.25, -0.2) is 4.79 Å². The molecule has 0 atom stereocenters. The van der Waals surface area contributed by atoms with Gasteiger partial charge in [-0.2, -0.15) is 0 Å². The van der Waals surface area contributed by atoms with Gasteiger partial charge in [0.25, 0.3) is 0 Å². The second-order valence-electron chi connectivity index (χ2n) is 6.33. The van der Waals surface area contributed by atoms with E-state index < -0.39 is 0 Å². The number of piperidine rings is 1. The molecule has 0 spiro atoms. The smallest absolute Gasteiger partial charge is 0.319 e. The first-order valence-corrected chi connectivity index (χ1v) is 9.55. The van der Waals surface area contributed by atoms with Crippen LogP contribution >= 0.6 is 11.3 Å². The van der Waals surface area contributed by atoms with Crippen molar-refractivity contribution in [2.45, 2.75) is 19.4 Å². The molecule has 2 N–H and O–H groups in total. The Morgan fingerprint density at radius 2 is 2.04 bits per heavy atom. The molecule has 0 radical (unpaired) electrons. The average molecular weight is 359 g/mol. The third-order valence-corrected chi connectivity index (χ3v) is 5.43. The molecule has 134 valence electrons. The largest absolute Gasteiger partial charge is 0.495 e. The number of methoxy groups -OCH3 is 1. The van der Waals surface area contributed by atoms with Crippen LogP contribution in [-0.4, -0.2) is 37.7 Å². The number of anilines is 1. The number of benzene rings is 1. The van der Waals surface area contributed by atoms with Crippen molar-refractivity contribution in [3.05, 3.63) is 46.7 Å². The molecule has 0 saturated carbocycles. The number of thiophene rings is 1. The third-order valence-electron chi connectivity index (χ3n) is 4.57. The van der Waals surface area contributed by atoms with Crippen LogP contribution in [0.5, 0.6) is 5.75 Å². The van der Waals surface area contributed by atoms with Gasteiger partial charge in [-0.3, -0.25) is 4.90 Å². The number of carbonyl (C=O) groups excluding carboxylic acids is 1. The Bertz CT molecular complexity index is 667. The van der Waals surface area contributed by atoms with Crippen molar-refractivity contribution in [2.24, 2.45) is 5.92 Å². The number of amides is 2. The highest BCUT2D eigenvalue weighted by Crippen LogP contribution is 2.23. The van der Waals surface area contributed by atoms with E-state index in [1.54, 1.807) is 7.11 Å². The first-order valence-electron chi connectivity index (χ1n) is 8.67. The van der Waals surface area contributed by atoms with Crippen LogP contribution < -0.4 is 15.4 Å². The molecule has 1 fully saturated rings. The number of urea groups is 1. The van der Waals surface area contributed by atoms with Crippen molar-refractivity contribution >= 4 is 23.1 Å². The minimum atomic E-state index is -0.175. The van der Waals surface area contributed by atoms with Gasteiger partial charge >= 0.3 is 6.03 Å². The van der Waals surface area contributed by atoms with Gasteiger partial charge in [0.05, 0.1) is 12.8 Å². The fourth-order valence-corrected chi connectivity index (χ4v) is 3.87. The maximum atomic E-state index is 12.1. The van der Waals surface area contributed by atoms with Crippen LogP contribution in [0.1, 0.15) is 17.7 Å². The van der Waals surface area contributed by atoms with E-state index in [9.17, 15) is 4.79 Å². The van der Waals surface area contributed by atoms with Crippen molar-refractivity contribution in [1.82, 2.24) is 10.2 Å². The molecule has 1 aromatic heterocycles. The molecule has 2 heterocycles. The van der Waals surface area contributed by atoms with Gasteiger partial charge in [-0.1, -0.05) is 18.2 Å². The average Bonchev–Trinajstić information content (AvgIpc) is 3.15. The number of hydrogen-bond donors (Lipinski definition) is 2. The monoisotopic (exact) mass is 359 g/mol. The Morgan fingerprint density at radius 1 is 1.24 bits per heavy atom. The molecule has 2 amide bonds. The summed E-state index contributed by atoms with van der Waals surface area (Å²) >= 11 is 1.82. The molecule has 2 aromatic rings. The fourth-order valence-electron chi connectivity index (χ4n) is 3.12. The zero-order valence-corrected chi connectivity index (χ0v) is 15.3. The first-order chi connectivity index (χ1) is 12.2. The first kappa shape index (κ1) is 17.8. The van der Waals surface area contributed by atoms with Crippen LogP contribution in [0.25, 0.3) is 0 Å². The molecule has 1 aliphatic heterocycles. The lowest BCUT2D eigenvalue weighted by atomic mass is 9.97. The van der Waals surface area contributed by atoms with Crippen LogP contribution in [-0.2, 0) is 6.54 Å². The molecule has 1 aromatic carbocycles. The standard InChI is InChI=1S/C19H25N3O2S/c1-24-18-7-3-2-6-17(18)21-19(23)20-13-15-8-10-22(11-9-15)14-16-5-4-12-25-16/h2-7,12,15H,8-11,13-14H2,1H3,(H2,20,21,23). The second-order valence-corrected chi connectivity index (χ2v) is 7.37. The van der Waals surface area contributed by atoms with Crippen LogP contribution in [0.15, 0.2) is 41.8 Å². The van der Waals surface area contributed by atoms with Gasteiger partial charge in [0.2, 0.25) is 0 Å². The second kappa shape index (κ2) is 8.87.